The van der Waals surface area contributed by atoms with Crippen LogP contribution in [0.1, 0.15) is 36.3 Å². The van der Waals surface area contributed by atoms with Crippen LogP contribution in [0.25, 0.3) is 22.3 Å². The molecule has 184 valence electrons. The highest BCUT2D eigenvalue weighted by Gasteiger charge is 2.25. The molecule has 4 aromatic rings. The zero-order chi connectivity index (χ0) is 25.2. The number of nitrogens with one attached hydrogen (secondary N) is 1. The number of amides is 2. The summed E-state index contributed by atoms with van der Waals surface area (Å²) in [5.74, 6) is 2.65. The fraction of sp³-hybridized carbons (Fsp3) is 0.259. The van der Waals surface area contributed by atoms with Gasteiger partial charge in [0.25, 0.3) is 0 Å². The number of urea groups is 1. The fourth-order valence-electron chi connectivity index (χ4n) is 4.21. The van der Waals surface area contributed by atoms with Crippen LogP contribution in [0, 0.1) is 0 Å². The number of fused-ring (bicyclic) bond motifs is 2. The van der Waals surface area contributed by atoms with Crippen LogP contribution in [-0.4, -0.2) is 42.0 Å². The molecule has 0 aliphatic carbocycles. The highest BCUT2D eigenvalue weighted by Crippen LogP contribution is 2.36. The number of anilines is 2. The highest BCUT2D eigenvalue weighted by molar-refractivity contribution is 6.01. The van der Waals surface area contributed by atoms with Crippen LogP contribution < -0.4 is 19.7 Å². The molecule has 0 atom stereocenters. The third kappa shape index (κ3) is 4.59. The topological polar surface area (TPSA) is 107 Å². The smallest absolute Gasteiger partial charge is 0.328 e. The van der Waals surface area contributed by atoms with Crippen molar-refractivity contribution in [1.82, 2.24) is 9.97 Å². The van der Waals surface area contributed by atoms with Crippen molar-refractivity contribution in [2.45, 2.75) is 32.8 Å². The molecule has 0 fully saturated rings. The molecule has 1 aliphatic heterocycles. The number of carbonyl (C=O) groups is 2. The Kier molecular flexibility index (Phi) is 6.28. The number of aromatic nitrogens is 2. The predicted octanol–water partition coefficient (Wildman–Crippen LogP) is 5.48. The molecule has 0 saturated heterocycles. The van der Waals surface area contributed by atoms with Crippen LogP contribution in [0.2, 0.25) is 0 Å². The summed E-state index contributed by atoms with van der Waals surface area (Å²) in [4.78, 5) is 34.7. The Morgan fingerprint density at radius 2 is 2.06 bits per heavy atom. The molecule has 9 heteroatoms. The van der Waals surface area contributed by atoms with Gasteiger partial charge in [-0.05, 0) is 56.5 Å². The third-order valence-electron chi connectivity index (χ3n) is 5.88. The molecular weight excluding hydrogens is 460 g/mol. The van der Waals surface area contributed by atoms with E-state index in [0.717, 1.165) is 23.8 Å². The summed E-state index contributed by atoms with van der Waals surface area (Å²) in [7, 11) is 1.61. The van der Waals surface area contributed by atoms with E-state index in [1.807, 2.05) is 44.2 Å². The number of nitrogens with zero attached hydrogens (tertiary/aromatic N) is 3. The third-order valence-corrected chi connectivity index (χ3v) is 5.88. The number of aryl methyl sites for hydroxylation is 1. The molecule has 0 unspecified atom stereocenters. The molecule has 3 aromatic heterocycles. The van der Waals surface area contributed by atoms with E-state index >= 15 is 0 Å². The maximum atomic E-state index is 13.2. The Balaban J connectivity index is 1.45. The minimum Gasteiger partial charge on any atom is -0.497 e. The van der Waals surface area contributed by atoms with Crippen molar-refractivity contribution in [3.63, 3.8) is 0 Å². The lowest BCUT2D eigenvalue weighted by molar-refractivity contribution is 0.111. The van der Waals surface area contributed by atoms with Gasteiger partial charge in [-0.15, -0.1) is 0 Å². The lowest BCUT2D eigenvalue weighted by Gasteiger charge is -2.28. The largest absolute Gasteiger partial charge is 0.497 e. The molecule has 5 rings (SSSR count). The van der Waals surface area contributed by atoms with Crippen molar-refractivity contribution in [3.8, 4) is 22.8 Å². The van der Waals surface area contributed by atoms with Crippen molar-refractivity contribution in [1.29, 1.82) is 0 Å². The van der Waals surface area contributed by atoms with Gasteiger partial charge in [0.1, 0.15) is 40.2 Å². The van der Waals surface area contributed by atoms with Gasteiger partial charge in [-0.2, -0.15) is 0 Å². The number of ether oxygens (including phenoxy) is 2. The molecule has 0 spiro atoms. The van der Waals surface area contributed by atoms with E-state index in [9.17, 15) is 9.59 Å². The minimum atomic E-state index is -0.377. The molecule has 0 bridgehead atoms. The number of hydrogen-bond acceptors (Lipinski definition) is 7. The molecule has 0 saturated carbocycles. The number of benzene rings is 1. The summed E-state index contributed by atoms with van der Waals surface area (Å²) < 4.78 is 17.4. The van der Waals surface area contributed by atoms with E-state index in [0.29, 0.717) is 52.9 Å². The van der Waals surface area contributed by atoms with Gasteiger partial charge in [0.2, 0.25) is 0 Å². The summed E-state index contributed by atoms with van der Waals surface area (Å²) >= 11 is 0. The highest BCUT2D eigenvalue weighted by atomic mass is 16.5. The molecule has 1 aromatic carbocycles. The van der Waals surface area contributed by atoms with Gasteiger partial charge in [-0.1, -0.05) is 6.07 Å². The zero-order valence-electron chi connectivity index (χ0n) is 20.3. The van der Waals surface area contributed by atoms with Crippen molar-refractivity contribution >= 4 is 34.9 Å². The number of methoxy groups -OCH3 is 1. The first-order valence-corrected chi connectivity index (χ1v) is 11.7. The van der Waals surface area contributed by atoms with Gasteiger partial charge in [0, 0.05) is 30.3 Å². The van der Waals surface area contributed by atoms with E-state index in [1.165, 1.54) is 4.90 Å². The Bertz CT molecular complexity index is 1450. The van der Waals surface area contributed by atoms with E-state index in [1.54, 1.807) is 25.4 Å². The number of carbonyl (C=O) groups excluding carboxylic acids is 2. The Hall–Kier alpha value is -4.40. The number of pyridine rings is 2. The Morgan fingerprint density at radius 3 is 2.83 bits per heavy atom. The van der Waals surface area contributed by atoms with Crippen LogP contribution in [0.3, 0.4) is 0 Å². The molecule has 36 heavy (non-hydrogen) atoms. The number of aldehydes is 1. The average molecular weight is 487 g/mol. The molecule has 2 amide bonds. The number of hydrogen-bond donors (Lipinski definition) is 1. The second-order valence-electron chi connectivity index (χ2n) is 8.77. The van der Waals surface area contributed by atoms with E-state index in [4.69, 9.17) is 13.9 Å². The summed E-state index contributed by atoms with van der Waals surface area (Å²) in [6.45, 7) is 4.34. The first kappa shape index (κ1) is 23.3. The van der Waals surface area contributed by atoms with Crippen LogP contribution >= 0.6 is 0 Å². The summed E-state index contributed by atoms with van der Waals surface area (Å²) in [6, 6.07) is 12.3. The summed E-state index contributed by atoms with van der Waals surface area (Å²) in [6.07, 6.45) is 3.78. The Labute approximate surface area is 208 Å². The first-order chi connectivity index (χ1) is 17.4. The molecule has 1 aliphatic rings. The van der Waals surface area contributed by atoms with Crippen LogP contribution in [0.4, 0.5) is 16.4 Å². The fourth-order valence-corrected chi connectivity index (χ4v) is 4.21. The van der Waals surface area contributed by atoms with Gasteiger partial charge in [0.15, 0.2) is 6.29 Å². The summed E-state index contributed by atoms with van der Waals surface area (Å²) in [5.41, 5.74) is 2.56. The monoisotopic (exact) mass is 486 g/mol. The molecule has 4 heterocycles. The summed E-state index contributed by atoms with van der Waals surface area (Å²) in [5, 5.41) is 3.77. The molecule has 0 radical (unpaired) electrons. The molecule has 1 N–H and O–H groups in total. The molecular formula is C27H26N4O5. The van der Waals surface area contributed by atoms with Crippen molar-refractivity contribution in [3.05, 3.63) is 59.9 Å². The van der Waals surface area contributed by atoms with Crippen LogP contribution in [0.5, 0.6) is 11.5 Å². The van der Waals surface area contributed by atoms with Crippen molar-refractivity contribution in [2.24, 2.45) is 0 Å². The van der Waals surface area contributed by atoms with E-state index < -0.39 is 0 Å². The minimum absolute atomic E-state index is 0.112. The van der Waals surface area contributed by atoms with Crippen molar-refractivity contribution in [2.75, 3.05) is 23.9 Å². The molecule has 9 nitrogen and oxygen atoms in total. The van der Waals surface area contributed by atoms with Gasteiger partial charge in [0.05, 0.1) is 18.8 Å². The number of furan rings is 1. The number of rotatable bonds is 6. The first-order valence-electron chi connectivity index (χ1n) is 11.7. The lowest BCUT2D eigenvalue weighted by atomic mass is 10.1. The van der Waals surface area contributed by atoms with Gasteiger partial charge in [-0.25, -0.2) is 14.8 Å². The lowest BCUT2D eigenvalue weighted by Crippen LogP contribution is -2.39. The maximum absolute atomic E-state index is 13.2. The average Bonchev–Trinajstić information content (AvgIpc) is 3.30. The van der Waals surface area contributed by atoms with Crippen LogP contribution in [0.15, 0.2) is 53.1 Å². The van der Waals surface area contributed by atoms with Crippen LogP contribution in [-0.2, 0) is 6.42 Å². The second kappa shape index (κ2) is 9.69. The zero-order valence-corrected chi connectivity index (χ0v) is 20.3. The van der Waals surface area contributed by atoms with Crippen molar-refractivity contribution < 1.29 is 23.5 Å². The van der Waals surface area contributed by atoms with E-state index in [-0.39, 0.29) is 17.8 Å². The quantitative estimate of drug-likeness (QED) is 0.360. The second-order valence-corrected chi connectivity index (χ2v) is 8.77. The SMILES string of the molecule is COc1ccc2cc(-c3cnc(NC(=O)N4CCCc5ccc(C=O)nc54)cc3OC(C)C)oc2c1. The normalized spacial score (nSPS) is 12.9. The Morgan fingerprint density at radius 1 is 1.19 bits per heavy atom. The van der Waals surface area contributed by atoms with Gasteiger partial charge >= 0.3 is 6.03 Å². The standard InChI is InChI=1S/C27H26N4O5/c1-16(2)35-24-13-25(28-14-21(24)23-11-18-7-9-20(34-3)12-22(18)36-23)30-27(33)31-10-4-5-17-6-8-19(15-32)29-26(17)31/h6-9,11-16H,4-5,10H2,1-3H3,(H,28,30,33). The maximum Gasteiger partial charge on any atom is 0.328 e. The van der Waals surface area contributed by atoms with Gasteiger partial charge in [-0.3, -0.25) is 15.0 Å². The van der Waals surface area contributed by atoms with E-state index in [2.05, 4.69) is 15.3 Å². The predicted molar refractivity (Wildman–Crippen MR) is 136 cm³/mol. The van der Waals surface area contributed by atoms with Gasteiger partial charge < -0.3 is 13.9 Å².